The van der Waals surface area contributed by atoms with Crippen molar-refractivity contribution < 1.29 is 32.6 Å². The number of carbonyl (C=O) groups is 2. The molecule has 0 spiro atoms. The third-order valence-electron chi connectivity index (χ3n) is 5.05. The van der Waals surface area contributed by atoms with Gasteiger partial charge in [-0.1, -0.05) is 36.4 Å². The van der Waals surface area contributed by atoms with Gasteiger partial charge in [0.1, 0.15) is 17.4 Å². The first-order valence-corrected chi connectivity index (χ1v) is 10.4. The number of carbonyl (C=O) groups excluding carboxylic acids is 2. The minimum absolute atomic E-state index is 0.0253. The summed E-state index contributed by atoms with van der Waals surface area (Å²) in [5, 5.41) is 16.0. The number of ketones is 1. The lowest BCUT2D eigenvalue weighted by Crippen LogP contribution is -2.72. The predicted octanol–water partition coefficient (Wildman–Crippen LogP) is 4.64. The van der Waals surface area contributed by atoms with E-state index in [0.717, 1.165) is 11.3 Å². The highest BCUT2D eigenvalue weighted by Crippen LogP contribution is 2.44. The number of hydrogen-bond donors (Lipinski definition) is 3. The first kappa shape index (κ1) is 21.8. The zero-order valence-electron chi connectivity index (χ0n) is 16.3. The molecule has 3 N–H and O–H groups in total. The zero-order valence-corrected chi connectivity index (χ0v) is 17.1. The van der Waals surface area contributed by atoms with Gasteiger partial charge in [-0.05, 0) is 41.3 Å². The van der Waals surface area contributed by atoms with Gasteiger partial charge < -0.3 is 20.5 Å². The summed E-state index contributed by atoms with van der Waals surface area (Å²) in [6.45, 7) is 0. The van der Waals surface area contributed by atoms with Crippen LogP contribution in [0.25, 0.3) is 0 Å². The molecule has 4 rings (SSSR count). The molecule has 0 aliphatic carbocycles. The number of para-hydroxylation sites is 1. The molecule has 2 amide bonds. The standard InChI is InChI=1S/C22H17F3N2O4S/c23-22(24,25)21(30)17(19(28)16-10-5-11-32-16)18(26-20(29)27-21)13-6-4-9-15(12-13)31-14-7-2-1-3-8-14/h1-12,17-18,30H,(H2,26,27,29)/t17-,18+,21+/m1/s1. The molecular weight excluding hydrogens is 445 g/mol. The number of Topliss-reactive ketones (excluding diaryl/α,β-unsaturated/α-hetero) is 1. The van der Waals surface area contributed by atoms with Gasteiger partial charge in [0, 0.05) is 0 Å². The van der Waals surface area contributed by atoms with Crippen LogP contribution < -0.4 is 15.4 Å². The molecule has 0 radical (unpaired) electrons. The highest BCUT2D eigenvalue weighted by Gasteiger charge is 2.66. The fourth-order valence-electron chi connectivity index (χ4n) is 3.58. The first-order valence-electron chi connectivity index (χ1n) is 9.47. The fraction of sp³-hybridized carbons (Fsp3) is 0.182. The van der Waals surface area contributed by atoms with E-state index in [4.69, 9.17) is 4.74 Å². The second-order valence-corrected chi connectivity index (χ2v) is 8.09. The third kappa shape index (κ3) is 4.06. The summed E-state index contributed by atoms with van der Waals surface area (Å²) in [6.07, 6.45) is -5.31. The number of benzene rings is 2. The van der Waals surface area contributed by atoms with E-state index < -0.39 is 35.7 Å². The molecule has 1 saturated heterocycles. The number of rotatable bonds is 5. The summed E-state index contributed by atoms with van der Waals surface area (Å²) in [6, 6.07) is 14.9. The van der Waals surface area contributed by atoms with Gasteiger partial charge in [-0.3, -0.25) is 4.79 Å². The molecule has 1 fully saturated rings. The molecule has 0 saturated carbocycles. The van der Waals surface area contributed by atoms with Gasteiger partial charge in [0.05, 0.1) is 10.9 Å². The van der Waals surface area contributed by atoms with Crippen LogP contribution in [0.2, 0.25) is 0 Å². The van der Waals surface area contributed by atoms with Crippen LogP contribution in [0, 0.1) is 5.92 Å². The maximum atomic E-state index is 13.9. The highest BCUT2D eigenvalue weighted by atomic mass is 32.1. The van der Waals surface area contributed by atoms with Crippen LogP contribution in [0.1, 0.15) is 21.3 Å². The number of nitrogens with one attached hydrogen (secondary N) is 2. The summed E-state index contributed by atoms with van der Waals surface area (Å²) >= 11 is 0.946. The predicted molar refractivity (Wildman–Crippen MR) is 111 cm³/mol. The molecule has 2 heterocycles. The minimum atomic E-state index is -5.31. The number of alkyl halides is 3. The smallest absolute Gasteiger partial charge is 0.437 e. The Morgan fingerprint density at radius 2 is 1.75 bits per heavy atom. The van der Waals surface area contributed by atoms with Crippen LogP contribution in [0.15, 0.2) is 72.1 Å². The molecule has 3 aromatic rings. The summed E-state index contributed by atoms with van der Waals surface area (Å²) in [7, 11) is 0. The zero-order chi connectivity index (χ0) is 22.9. The van der Waals surface area contributed by atoms with E-state index >= 15 is 0 Å². The summed E-state index contributed by atoms with van der Waals surface area (Å²) in [4.78, 5) is 25.3. The van der Waals surface area contributed by atoms with Crippen molar-refractivity contribution in [1.29, 1.82) is 0 Å². The SMILES string of the molecule is O=C1N[C@@H](c2cccc(Oc3ccccc3)c2)[C@H](C(=O)c2cccs2)[C@](O)(C(F)(F)F)N1. The van der Waals surface area contributed by atoms with Gasteiger partial charge in [0.15, 0.2) is 5.78 Å². The van der Waals surface area contributed by atoms with E-state index in [0.29, 0.717) is 11.5 Å². The van der Waals surface area contributed by atoms with Crippen LogP contribution in [-0.4, -0.2) is 28.8 Å². The second kappa shape index (κ2) is 8.29. The topological polar surface area (TPSA) is 87.7 Å². The summed E-state index contributed by atoms with van der Waals surface area (Å²) in [5.74, 6) is -2.24. The molecule has 0 unspecified atom stereocenters. The maximum Gasteiger partial charge on any atom is 0.437 e. The Balaban J connectivity index is 1.77. The molecular formula is C22H17F3N2O4S. The Kier molecular flexibility index (Phi) is 5.66. The van der Waals surface area contributed by atoms with Crippen molar-refractivity contribution in [2.45, 2.75) is 17.9 Å². The highest BCUT2D eigenvalue weighted by molar-refractivity contribution is 7.12. The van der Waals surface area contributed by atoms with Gasteiger partial charge in [-0.2, -0.15) is 13.2 Å². The Hall–Kier alpha value is -3.37. The molecule has 3 atom stereocenters. The molecule has 1 aliphatic heterocycles. The molecule has 1 aliphatic rings. The van der Waals surface area contributed by atoms with Crippen molar-refractivity contribution >= 4 is 23.2 Å². The summed E-state index contributed by atoms with van der Waals surface area (Å²) < 4.78 is 47.6. The van der Waals surface area contributed by atoms with Gasteiger partial charge in [-0.15, -0.1) is 11.3 Å². The Bertz CT molecular complexity index is 1120. The van der Waals surface area contributed by atoms with Crippen LogP contribution in [0.5, 0.6) is 11.5 Å². The maximum absolute atomic E-state index is 13.9. The molecule has 2 aromatic carbocycles. The average Bonchev–Trinajstić information content (AvgIpc) is 3.28. The molecule has 1 aromatic heterocycles. The lowest BCUT2D eigenvalue weighted by molar-refractivity contribution is -0.287. The second-order valence-electron chi connectivity index (χ2n) is 7.15. The molecule has 32 heavy (non-hydrogen) atoms. The molecule has 0 bridgehead atoms. The van der Waals surface area contributed by atoms with Gasteiger partial charge in [0.2, 0.25) is 5.72 Å². The van der Waals surface area contributed by atoms with Crippen LogP contribution in [0.3, 0.4) is 0 Å². The number of urea groups is 1. The van der Waals surface area contributed by atoms with E-state index in [9.17, 15) is 27.9 Å². The average molecular weight is 462 g/mol. The van der Waals surface area contributed by atoms with E-state index in [1.54, 1.807) is 36.4 Å². The number of hydrogen-bond acceptors (Lipinski definition) is 5. The molecule has 6 nitrogen and oxygen atoms in total. The Morgan fingerprint density at radius 1 is 1.03 bits per heavy atom. The van der Waals surface area contributed by atoms with Crippen molar-refractivity contribution in [2.75, 3.05) is 0 Å². The third-order valence-corrected chi connectivity index (χ3v) is 5.93. The fourth-order valence-corrected chi connectivity index (χ4v) is 4.29. The Labute approximate surface area is 184 Å². The number of halogens is 3. The lowest BCUT2D eigenvalue weighted by Gasteiger charge is -2.44. The quantitative estimate of drug-likeness (QED) is 0.482. The normalized spacial score (nSPS) is 23.2. The van der Waals surface area contributed by atoms with Crippen LogP contribution >= 0.6 is 11.3 Å². The lowest BCUT2D eigenvalue weighted by atomic mass is 9.78. The largest absolute Gasteiger partial charge is 0.457 e. The first-order chi connectivity index (χ1) is 15.2. The molecule has 10 heteroatoms. The van der Waals surface area contributed by atoms with E-state index in [-0.39, 0.29) is 10.4 Å². The van der Waals surface area contributed by atoms with Gasteiger partial charge in [0.25, 0.3) is 0 Å². The van der Waals surface area contributed by atoms with E-state index in [2.05, 4.69) is 5.32 Å². The monoisotopic (exact) mass is 462 g/mol. The van der Waals surface area contributed by atoms with Crippen LogP contribution in [-0.2, 0) is 0 Å². The van der Waals surface area contributed by atoms with Crippen LogP contribution in [0.4, 0.5) is 18.0 Å². The van der Waals surface area contributed by atoms with Crippen molar-refractivity contribution in [3.8, 4) is 11.5 Å². The van der Waals surface area contributed by atoms with Gasteiger partial charge >= 0.3 is 12.2 Å². The number of aliphatic hydroxyl groups is 1. The van der Waals surface area contributed by atoms with Gasteiger partial charge in [-0.25, -0.2) is 4.79 Å². The Morgan fingerprint density at radius 3 is 2.41 bits per heavy atom. The van der Waals surface area contributed by atoms with Crippen molar-refractivity contribution in [3.63, 3.8) is 0 Å². The minimum Gasteiger partial charge on any atom is -0.457 e. The van der Waals surface area contributed by atoms with Crippen molar-refractivity contribution in [1.82, 2.24) is 10.6 Å². The number of ether oxygens (including phenoxy) is 1. The number of amides is 2. The summed E-state index contributed by atoms with van der Waals surface area (Å²) in [5.41, 5.74) is -3.59. The van der Waals surface area contributed by atoms with Crippen molar-refractivity contribution in [3.05, 3.63) is 82.6 Å². The van der Waals surface area contributed by atoms with E-state index in [1.165, 1.54) is 41.0 Å². The van der Waals surface area contributed by atoms with Crippen molar-refractivity contribution in [2.24, 2.45) is 5.92 Å². The number of thiophene rings is 1. The molecule has 166 valence electrons. The van der Waals surface area contributed by atoms with E-state index in [1.807, 2.05) is 0 Å².